The van der Waals surface area contributed by atoms with E-state index >= 15 is 0 Å². The van der Waals surface area contributed by atoms with Gasteiger partial charge in [0.15, 0.2) is 33.4 Å². The molecule has 2 heterocycles. The first-order valence-electron chi connectivity index (χ1n) is 10.5. The molecule has 4 aromatic rings. The van der Waals surface area contributed by atoms with Gasteiger partial charge in [0.1, 0.15) is 0 Å². The molecule has 0 saturated heterocycles. The lowest BCUT2D eigenvalue weighted by molar-refractivity contribution is 0.387. The zero-order valence-electron chi connectivity index (χ0n) is 19.6. The summed E-state index contributed by atoms with van der Waals surface area (Å²) < 4.78 is 36.8. The van der Waals surface area contributed by atoms with Crippen molar-refractivity contribution in [1.82, 2.24) is 19.9 Å². The highest BCUT2D eigenvalue weighted by Gasteiger charge is 2.14. The van der Waals surface area contributed by atoms with Gasteiger partial charge >= 0.3 is 0 Å². The molecule has 0 radical (unpaired) electrons. The van der Waals surface area contributed by atoms with Crippen LogP contribution in [0.4, 0.5) is 8.78 Å². The molecular weight excluding hydrogens is 485 g/mol. The highest BCUT2D eigenvalue weighted by atomic mass is 35.5. The standard InChI is InChI=1S/2C12H12ClFN2O/c1-6(2)11-12(13)16-8-4-7(14)10(17-3)5-9(8)15-11;1-6(2)11-12(13)16-9-5-10(17-3)7(14)4-8(9)15-11/h2*4-6H,1-3H3. The number of halogens is 4. The Hall–Kier alpha value is -2.84. The van der Waals surface area contributed by atoms with Crippen LogP contribution in [0.2, 0.25) is 10.3 Å². The molecule has 0 atom stereocenters. The van der Waals surface area contributed by atoms with E-state index in [1.54, 1.807) is 0 Å². The monoisotopic (exact) mass is 508 g/mol. The first kappa shape index (κ1) is 25.8. The molecule has 0 amide bonds. The summed E-state index contributed by atoms with van der Waals surface area (Å²) in [6, 6.07) is 5.61. The third kappa shape index (κ3) is 5.45. The molecule has 0 saturated carbocycles. The number of hydrogen-bond acceptors (Lipinski definition) is 6. The summed E-state index contributed by atoms with van der Waals surface area (Å²) in [4.78, 5) is 17.0. The summed E-state index contributed by atoms with van der Waals surface area (Å²) in [6.45, 7) is 7.87. The number of hydrogen-bond donors (Lipinski definition) is 0. The van der Waals surface area contributed by atoms with Gasteiger partial charge < -0.3 is 9.47 Å². The van der Waals surface area contributed by atoms with E-state index in [1.807, 2.05) is 27.7 Å². The van der Waals surface area contributed by atoms with Crippen LogP contribution in [0.3, 0.4) is 0 Å². The summed E-state index contributed by atoms with van der Waals surface area (Å²) in [5.74, 6) is -0.321. The molecule has 10 heteroatoms. The van der Waals surface area contributed by atoms with Crippen molar-refractivity contribution < 1.29 is 18.3 Å². The summed E-state index contributed by atoms with van der Waals surface area (Å²) in [7, 11) is 2.82. The number of nitrogens with zero attached hydrogens (tertiary/aromatic N) is 4. The first-order valence-corrected chi connectivity index (χ1v) is 11.2. The van der Waals surface area contributed by atoms with Gasteiger partial charge in [-0.25, -0.2) is 28.7 Å². The quantitative estimate of drug-likeness (QED) is 0.292. The van der Waals surface area contributed by atoms with Crippen molar-refractivity contribution in [2.75, 3.05) is 14.2 Å². The van der Waals surface area contributed by atoms with Gasteiger partial charge in [0, 0.05) is 24.3 Å². The summed E-state index contributed by atoms with van der Waals surface area (Å²) in [6.07, 6.45) is 0. The lowest BCUT2D eigenvalue weighted by atomic mass is 10.1. The SMILES string of the molecule is COc1cc2nc(C(C)C)c(Cl)nc2cc1F.COc1cc2nc(Cl)c(C(C)C)nc2cc1F. The molecule has 2 aromatic heterocycles. The van der Waals surface area contributed by atoms with Crippen molar-refractivity contribution in [2.45, 2.75) is 39.5 Å². The number of ether oxygens (including phenoxy) is 2. The molecule has 6 nitrogen and oxygen atoms in total. The second kappa shape index (κ2) is 10.6. The molecular formula is C24H24Cl2F2N4O2. The first-order chi connectivity index (χ1) is 16.0. The zero-order chi connectivity index (χ0) is 25.2. The third-order valence-corrected chi connectivity index (χ3v) is 5.49. The van der Waals surface area contributed by atoms with E-state index in [1.165, 1.54) is 38.5 Å². The molecule has 4 rings (SSSR count). The lowest BCUT2D eigenvalue weighted by Crippen LogP contribution is -1.99. The van der Waals surface area contributed by atoms with E-state index < -0.39 is 11.6 Å². The number of fused-ring (bicyclic) bond motifs is 2. The minimum Gasteiger partial charge on any atom is -0.494 e. The highest BCUT2D eigenvalue weighted by Crippen LogP contribution is 2.28. The Morgan fingerprint density at radius 3 is 1.29 bits per heavy atom. The van der Waals surface area contributed by atoms with E-state index in [2.05, 4.69) is 19.9 Å². The van der Waals surface area contributed by atoms with Crippen molar-refractivity contribution >= 4 is 45.3 Å². The van der Waals surface area contributed by atoms with Gasteiger partial charge in [-0.2, -0.15) is 0 Å². The van der Waals surface area contributed by atoms with Crippen LogP contribution in [0.1, 0.15) is 50.9 Å². The van der Waals surface area contributed by atoms with Crippen LogP contribution < -0.4 is 9.47 Å². The van der Waals surface area contributed by atoms with E-state index in [0.717, 1.165) is 0 Å². The Morgan fingerprint density at radius 2 is 0.941 bits per heavy atom. The fourth-order valence-corrected chi connectivity index (χ4v) is 3.85. The fraction of sp³-hybridized carbons (Fsp3) is 0.333. The Balaban J connectivity index is 0.000000191. The van der Waals surface area contributed by atoms with Crippen LogP contribution in [0, 0.1) is 11.6 Å². The topological polar surface area (TPSA) is 70.0 Å². The number of rotatable bonds is 4. The molecule has 2 aromatic carbocycles. The fourth-order valence-electron chi connectivity index (χ4n) is 3.15. The maximum Gasteiger partial charge on any atom is 0.167 e. The van der Waals surface area contributed by atoms with E-state index in [-0.39, 0.29) is 23.3 Å². The normalized spacial score (nSPS) is 11.2. The van der Waals surface area contributed by atoms with Gasteiger partial charge in [-0.3, -0.25) is 0 Å². The van der Waals surface area contributed by atoms with Crippen molar-refractivity contribution in [3.05, 3.63) is 57.6 Å². The molecule has 180 valence electrons. The minimum absolute atomic E-state index is 0.139. The van der Waals surface area contributed by atoms with Crippen LogP contribution in [0.15, 0.2) is 24.3 Å². The summed E-state index contributed by atoms with van der Waals surface area (Å²) in [5.41, 5.74) is 3.39. The summed E-state index contributed by atoms with van der Waals surface area (Å²) in [5, 5.41) is 0.665. The maximum absolute atomic E-state index is 13.5. The zero-order valence-corrected chi connectivity index (χ0v) is 21.1. The maximum atomic E-state index is 13.5. The smallest absolute Gasteiger partial charge is 0.167 e. The number of methoxy groups -OCH3 is 2. The molecule has 0 aliphatic carbocycles. The van der Waals surface area contributed by atoms with E-state index in [4.69, 9.17) is 32.7 Å². The third-order valence-electron chi connectivity index (χ3n) is 4.93. The molecule has 0 unspecified atom stereocenters. The van der Waals surface area contributed by atoms with Crippen LogP contribution in [-0.4, -0.2) is 34.2 Å². The van der Waals surface area contributed by atoms with Gasteiger partial charge in [0.05, 0.1) is 47.7 Å². The largest absolute Gasteiger partial charge is 0.494 e. The number of aromatic nitrogens is 4. The van der Waals surface area contributed by atoms with E-state index in [0.29, 0.717) is 43.8 Å². The average molecular weight is 509 g/mol. The van der Waals surface area contributed by atoms with Crippen LogP contribution in [-0.2, 0) is 0 Å². The Bertz CT molecular complexity index is 1350. The summed E-state index contributed by atoms with van der Waals surface area (Å²) >= 11 is 12.0. The molecule has 0 N–H and O–H groups in total. The van der Waals surface area contributed by atoms with Gasteiger partial charge in [0.2, 0.25) is 0 Å². The predicted molar refractivity (Wildman–Crippen MR) is 130 cm³/mol. The van der Waals surface area contributed by atoms with Crippen LogP contribution in [0.25, 0.3) is 22.1 Å². The Morgan fingerprint density at radius 1 is 0.618 bits per heavy atom. The van der Waals surface area contributed by atoms with Crippen LogP contribution in [0.5, 0.6) is 11.5 Å². The molecule has 0 bridgehead atoms. The van der Waals surface area contributed by atoms with E-state index in [9.17, 15) is 8.78 Å². The molecule has 0 spiro atoms. The van der Waals surface area contributed by atoms with Crippen molar-refractivity contribution in [3.8, 4) is 11.5 Å². The van der Waals surface area contributed by atoms with Crippen LogP contribution >= 0.6 is 23.2 Å². The van der Waals surface area contributed by atoms with Gasteiger partial charge in [-0.15, -0.1) is 0 Å². The minimum atomic E-state index is -0.470. The average Bonchev–Trinajstić information content (AvgIpc) is 2.77. The Kier molecular flexibility index (Phi) is 8.05. The van der Waals surface area contributed by atoms with Gasteiger partial charge in [0.25, 0.3) is 0 Å². The van der Waals surface area contributed by atoms with Crippen molar-refractivity contribution in [3.63, 3.8) is 0 Å². The Labute approximate surface area is 206 Å². The predicted octanol–water partition coefficient (Wildman–Crippen LogP) is 7.11. The molecule has 34 heavy (non-hydrogen) atoms. The van der Waals surface area contributed by atoms with Gasteiger partial charge in [-0.05, 0) is 11.8 Å². The highest BCUT2D eigenvalue weighted by molar-refractivity contribution is 6.30. The number of benzene rings is 2. The van der Waals surface area contributed by atoms with Crippen molar-refractivity contribution in [1.29, 1.82) is 0 Å². The lowest BCUT2D eigenvalue weighted by Gasteiger charge is -2.09. The second-order valence-corrected chi connectivity index (χ2v) is 8.78. The molecule has 0 fully saturated rings. The van der Waals surface area contributed by atoms with Crippen molar-refractivity contribution in [2.24, 2.45) is 0 Å². The molecule has 0 aliphatic heterocycles. The second-order valence-electron chi connectivity index (χ2n) is 8.06. The molecule has 0 aliphatic rings. The van der Waals surface area contributed by atoms with Gasteiger partial charge in [-0.1, -0.05) is 50.9 Å².